The van der Waals surface area contributed by atoms with Crippen LogP contribution in [-0.2, 0) is 0 Å². The molecular formula is C4H5N5S. The highest BCUT2D eigenvalue weighted by molar-refractivity contribution is 7.80. The maximum absolute atomic E-state index is 5.14. The number of anilines is 1. The second kappa shape index (κ2) is 3.02. The van der Waals surface area contributed by atoms with Gasteiger partial charge in [-0.1, -0.05) is 0 Å². The molecule has 1 aromatic heterocycles. The number of rotatable bonds is 1. The van der Waals surface area contributed by atoms with Gasteiger partial charge in [0.2, 0.25) is 5.95 Å². The van der Waals surface area contributed by atoms with Crippen LogP contribution in [0.25, 0.3) is 0 Å². The van der Waals surface area contributed by atoms with Crippen molar-refractivity contribution < 1.29 is 0 Å². The summed E-state index contributed by atoms with van der Waals surface area (Å²) in [6.45, 7) is 0. The molecule has 1 rings (SSSR count). The van der Waals surface area contributed by atoms with Crippen molar-refractivity contribution in [2.75, 3.05) is 5.32 Å². The third-order valence-electron chi connectivity index (χ3n) is 0.718. The lowest BCUT2D eigenvalue weighted by Gasteiger charge is -1.96. The normalized spacial score (nSPS) is 8.80. The van der Waals surface area contributed by atoms with Crippen LogP contribution in [0.15, 0.2) is 12.4 Å². The van der Waals surface area contributed by atoms with Crippen molar-refractivity contribution in [2.24, 2.45) is 5.73 Å². The van der Waals surface area contributed by atoms with E-state index in [-0.39, 0.29) is 5.11 Å². The predicted molar refractivity (Wildman–Crippen MR) is 40.2 cm³/mol. The van der Waals surface area contributed by atoms with Crippen molar-refractivity contribution in [1.82, 2.24) is 15.2 Å². The van der Waals surface area contributed by atoms with Crippen molar-refractivity contribution in [3.8, 4) is 0 Å². The van der Waals surface area contributed by atoms with E-state index in [1.165, 1.54) is 12.4 Å². The third-order valence-corrected chi connectivity index (χ3v) is 0.820. The molecule has 0 bridgehead atoms. The Morgan fingerprint density at radius 3 is 2.90 bits per heavy atom. The molecular weight excluding hydrogens is 150 g/mol. The number of thiocarbonyl (C=S) groups is 1. The van der Waals surface area contributed by atoms with Crippen LogP contribution in [0, 0.1) is 0 Å². The van der Waals surface area contributed by atoms with E-state index >= 15 is 0 Å². The predicted octanol–water partition coefficient (Wildman–Crippen LogP) is -0.473. The largest absolute Gasteiger partial charge is 0.376 e. The maximum Gasteiger partial charge on any atom is 0.248 e. The van der Waals surface area contributed by atoms with Gasteiger partial charge in [-0.15, -0.1) is 5.10 Å². The molecule has 0 saturated heterocycles. The molecule has 0 fully saturated rings. The van der Waals surface area contributed by atoms with Gasteiger partial charge in [0.05, 0.1) is 12.4 Å². The summed E-state index contributed by atoms with van der Waals surface area (Å²) < 4.78 is 0. The average Bonchev–Trinajstić information content (AvgIpc) is 1.88. The monoisotopic (exact) mass is 155 g/mol. The standard InChI is InChI=1S/C4H5N5S/c5-3(10)8-4-6-1-2-7-9-4/h1-2H,(H3,5,6,8,9,10). The Bertz CT molecular complexity index is 222. The number of aromatic nitrogens is 3. The van der Waals surface area contributed by atoms with Crippen LogP contribution in [-0.4, -0.2) is 20.3 Å². The topological polar surface area (TPSA) is 76.7 Å². The molecule has 0 aliphatic rings. The molecule has 0 aliphatic carbocycles. The van der Waals surface area contributed by atoms with Gasteiger partial charge in [-0.2, -0.15) is 5.10 Å². The summed E-state index contributed by atoms with van der Waals surface area (Å²) in [5.41, 5.74) is 5.14. The molecule has 6 heteroatoms. The van der Waals surface area contributed by atoms with E-state index in [2.05, 4.69) is 32.7 Å². The number of nitrogens with two attached hydrogens (primary N) is 1. The molecule has 0 unspecified atom stereocenters. The van der Waals surface area contributed by atoms with Gasteiger partial charge < -0.3 is 11.1 Å². The zero-order valence-electron chi connectivity index (χ0n) is 4.98. The highest BCUT2D eigenvalue weighted by Gasteiger charge is 1.92. The fourth-order valence-electron chi connectivity index (χ4n) is 0.415. The first kappa shape index (κ1) is 6.81. The molecule has 0 aromatic carbocycles. The second-order valence-electron chi connectivity index (χ2n) is 1.46. The second-order valence-corrected chi connectivity index (χ2v) is 1.90. The first-order valence-corrected chi connectivity index (χ1v) is 2.90. The Balaban J connectivity index is 2.67. The molecule has 0 atom stereocenters. The lowest BCUT2D eigenvalue weighted by atomic mass is 10.8. The summed E-state index contributed by atoms with van der Waals surface area (Å²) >= 11 is 4.54. The third kappa shape index (κ3) is 1.90. The van der Waals surface area contributed by atoms with Gasteiger partial charge in [-0.05, 0) is 12.2 Å². The fourth-order valence-corrected chi connectivity index (χ4v) is 0.506. The Morgan fingerprint density at radius 1 is 1.60 bits per heavy atom. The van der Waals surface area contributed by atoms with Crippen molar-refractivity contribution in [1.29, 1.82) is 0 Å². The van der Waals surface area contributed by atoms with Gasteiger partial charge in [0.25, 0.3) is 0 Å². The zero-order valence-corrected chi connectivity index (χ0v) is 5.80. The van der Waals surface area contributed by atoms with E-state index in [9.17, 15) is 0 Å². The fraction of sp³-hybridized carbons (Fsp3) is 0. The van der Waals surface area contributed by atoms with Crippen molar-refractivity contribution in [3.63, 3.8) is 0 Å². The zero-order chi connectivity index (χ0) is 7.40. The van der Waals surface area contributed by atoms with Crippen LogP contribution < -0.4 is 11.1 Å². The van der Waals surface area contributed by atoms with Crippen molar-refractivity contribution >= 4 is 23.3 Å². The van der Waals surface area contributed by atoms with E-state index in [0.717, 1.165) is 0 Å². The van der Waals surface area contributed by atoms with E-state index in [1.807, 2.05) is 0 Å². The van der Waals surface area contributed by atoms with Crippen LogP contribution in [0.5, 0.6) is 0 Å². The Labute approximate surface area is 62.7 Å². The summed E-state index contributed by atoms with van der Waals surface area (Å²) in [6, 6.07) is 0. The molecule has 0 aliphatic heterocycles. The quantitative estimate of drug-likeness (QED) is 0.534. The Kier molecular flexibility index (Phi) is 2.06. The molecule has 1 aromatic rings. The van der Waals surface area contributed by atoms with Gasteiger partial charge in [-0.25, -0.2) is 4.98 Å². The van der Waals surface area contributed by atoms with Crippen LogP contribution in [0.4, 0.5) is 5.95 Å². The number of nitrogens with zero attached hydrogens (tertiary/aromatic N) is 3. The van der Waals surface area contributed by atoms with E-state index in [1.54, 1.807) is 0 Å². The number of hydrogen-bond donors (Lipinski definition) is 2. The molecule has 1 heterocycles. The summed E-state index contributed by atoms with van der Waals surface area (Å²) in [6.07, 6.45) is 2.96. The summed E-state index contributed by atoms with van der Waals surface area (Å²) in [5, 5.41) is 9.79. The maximum atomic E-state index is 5.14. The highest BCUT2D eigenvalue weighted by atomic mass is 32.1. The molecule has 0 saturated carbocycles. The minimum Gasteiger partial charge on any atom is -0.376 e. The molecule has 52 valence electrons. The molecule has 10 heavy (non-hydrogen) atoms. The van der Waals surface area contributed by atoms with Crippen LogP contribution in [0.3, 0.4) is 0 Å². The van der Waals surface area contributed by atoms with Gasteiger partial charge in [0, 0.05) is 0 Å². The first-order valence-electron chi connectivity index (χ1n) is 2.49. The lowest BCUT2D eigenvalue weighted by molar-refractivity contribution is 0.982. The highest BCUT2D eigenvalue weighted by Crippen LogP contribution is 1.88. The molecule has 3 N–H and O–H groups in total. The summed E-state index contributed by atoms with van der Waals surface area (Å²) in [5.74, 6) is 0.315. The van der Waals surface area contributed by atoms with Gasteiger partial charge in [0.15, 0.2) is 5.11 Å². The molecule has 0 radical (unpaired) electrons. The Morgan fingerprint density at radius 2 is 2.40 bits per heavy atom. The van der Waals surface area contributed by atoms with E-state index < -0.39 is 0 Å². The number of nitrogens with one attached hydrogen (secondary N) is 1. The molecule has 0 spiro atoms. The van der Waals surface area contributed by atoms with Crippen molar-refractivity contribution in [3.05, 3.63) is 12.4 Å². The first-order chi connectivity index (χ1) is 4.79. The van der Waals surface area contributed by atoms with E-state index in [0.29, 0.717) is 5.95 Å². The van der Waals surface area contributed by atoms with Gasteiger partial charge in [0.1, 0.15) is 0 Å². The van der Waals surface area contributed by atoms with Gasteiger partial charge in [-0.3, -0.25) is 0 Å². The SMILES string of the molecule is NC(=S)Nc1nccnn1. The summed E-state index contributed by atoms with van der Waals surface area (Å²) in [7, 11) is 0. The van der Waals surface area contributed by atoms with Crippen LogP contribution in [0.2, 0.25) is 0 Å². The Hall–Kier alpha value is -1.30. The lowest BCUT2D eigenvalue weighted by Crippen LogP contribution is -2.20. The molecule has 0 amide bonds. The minimum absolute atomic E-state index is 0.132. The van der Waals surface area contributed by atoms with Gasteiger partial charge >= 0.3 is 0 Å². The smallest absolute Gasteiger partial charge is 0.248 e. The van der Waals surface area contributed by atoms with Crippen LogP contribution in [0.1, 0.15) is 0 Å². The molecule has 5 nitrogen and oxygen atoms in total. The van der Waals surface area contributed by atoms with Crippen LogP contribution >= 0.6 is 12.2 Å². The number of hydrogen-bond acceptors (Lipinski definition) is 4. The minimum atomic E-state index is 0.132. The van der Waals surface area contributed by atoms with E-state index in [4.69, 9.17) is 5.73 Å². The van der Waals surface area contributed by atoms with Crippen molar-refractivity contribution in [2.45, 2.75) is 0 Å². The summed E-state index contributed by atoms with van der Waals surface area (Å²) in [4.78, 5) is 3.77. The average molecular weight is 155 g/mol.